The van der Waals surface area contributed by atoms with E-state index in [-0.39, 0.29) is 6.42 Å². The van der Waals surface area contributed by atoms with E-state index in [1.807, 2.05) is 0 Å². The van der Waals surface area contributed by atoms with E-state index in [2.05, 4.69) is 4.74 Å². The third-order valence-electron chi connectivity index (χ3n) is 1.90. The number of alkyl halides is 3. The highest BCUT2D eigenvalue weighted by Crippen LogP contribution is 2.16. The van der Waals surface area contributed by atoms with Gasteiger partial charge in [0, 0.05) is 0 Å². The molecule has 0 atom stereocenters. The van der Waals surface area contributed by atoms with Gasteiger partial charge in [0.15, 0.2) is 6.61 Å². The highest BCUT2D eigenvalue weighted by atomic mass is 19.4. The van der Waals surface area contributed by atoms with Gasteiger partial charge in [-0.3, -0.25) is 4.79 Å². The molecule has 0 amide bonds. The minimum atomic E-state index is -4.49. The molecule has 6 heteroatoms. The SMILES string of the molecule is COc1ccc(CC(=O)OCC(F)(F)F)cc1. The van der Waals surface area contributed by atoms with Gasteiger partial charge in [-0.25, -0.2) is 0 Å². The van der Waals surface area contributed by atoms with E-state index in [9.17, 15) is 18.0 Å². The lowest BCUT2D eigenvalue weighted by Gasteiger charge is -2.08. The third-order valence-corrected chi connectivity index (χ3v) is 1.90. The predicted octanol–water partition coefficient (Wildman–Crippen LogP) is 2.34. The van der Waals surface area contributed by atoms with Gasteiger partial charge >= 0.3 is 12.1 Å². The molecule has 0 fully saturated rings. The van der Waals surface area contributed by atoms with Gasteiger partial charge < -0.3 is 9.47 Å². The van der Waals surface area contributed by atoms with E-state index < -0.39 is 18.8 Å². The molecule has 1 aromatic carbocycles. The molecule has 0 radical (unpaired) electrons. The van der Waals surface area contributed by atoms with Crippen LogP contribution in [0.4, 0.5) is 13.2 Å². The monoisotopic (exact) mass is 248 g/mol. The summed E-state index contributed by atoms with van der Waals surface area (Å²) >= 11 is 0. The molecule has 0 aliphatic heterocycles. The summed E-state index contributed by atoms with van der Waals surface area (Å²) in [7, 11) is 1.49. The molecule has 1 aromatic rings. The van der Waals surface area contributed by atoms with Gasteiger partial charge in [-0.05, 0) is 17.7 Å². The highest BCUT2D eigenvalue weighted by Gasteiger charge is 2.29. The number of carbonyl (C=O) groups excluding carboxylic acids is 1. The zero-order valence-corrected chi connectivity index (χ0v) is 9.08. The first-order chi connectivity index (χ1) is 7.90. The van der Waals surface area contributed by atoms with Gasteiger partial charge in [-0.2, -0.15) is 13.2 Å². The van der Waals surface area contributed by atoms with Crippen LogP contribution in [0, 0.1) is 0 Å². The maximum atomic E-state index is 11.8. The van der Waals surface area contributed by atoms with E-state index in [1.165, 1.54) is 7.11 Å². The van der Waals surface area contributed by atoms with E-state index in [1.54, 1.807) is 24.3 Å². The van der Waals surface area contributed by atoms with Gasteiger partial charge in [0.1, 0.15) is 5.75 Å². The lowest BCUT2D eigenvalue weighted by molar-refractivity contribution is -0.185. The first kappa shape index (κ1) is 13.3. The first-order valence-corrected chi connectivity index (χ1v) is 4.76. The highest BCUT2D eigenvalue weighted by molar-refractivity contribution is 5.72. The Morgan fingerprint density at radius 3 is 2.29 bits per heavy atom. The molecule has 1 rings (SSSR count). The molecular formula is C11H11F3O3. The summed E-state index contributed by atoms with van der Waals surface area (Å²) in [6, 6.07) is 6.42. The quantitative estimate of drug-likeness (QED) is 0.767. The van der Waals surface area contributed by atoms with Crippen molar-refractivity contribution in [3.63, 3.8) is 0 Å². The van der Waals surface area contributed by atoms with Crippen LogP contribution in [0.15, 0.2) is 24.3 Å². The smallest absolute Gasteiger partial charge is 0.422 e. The fourth-order valence-electron chi connectivity index (χ4n) is 1.12. The summed E-state index contributed by atoms with van der Waals surface area (Å²) in [5.41, 5.74) is 0.568. The average Bonchev–Trinajstić information content (AvgIpc) is 2.27. The van der Waals surface area contributed by atoms with E-state index in [0.717, 1.165) is 0 Å². The Kier molecular flexibility index (Phi) is 4.37. The Morgan fingerprint density at radius 1 is 1.24 bits per heavy atom. The van der Waals surface area contributed by atoms with Crippen molar-refractivity contribution in [2.45, 2.75) is 12.6 Å². The van der Waals surface area contributed by atoms with Crippen molar-refractivity contribution in [3.8, 4) is 5.75 Å². The molecule has 0 aliphatic carbocycles. The van der Waals surface area contributed by atoms with Crippen LogP contribution in [0.1, 0.15) is 5.56 Å². The molecule has 0 aliphatic rings. The van der Waals surface area contributed by atoms with Gasteiger partial charge in [0.2, 0.25) is 0 Å². The summed E-state index contributed by atoms with van der Waals surface area (Å²) < 4.78 is 44.3. The van der Waals surface area contributed by atoms with Gasteiger partial charge in [0.25, 0.3) is 0 Å². The second-order valence-corrected chi connectivity index (χ2v) is 3.30. The Hall–Kier alpha value is -1.72. The zero-order valence-electron chi connectivity index (χ0n) is 9.08. The van der Waals surface area contributed by atoms with Crippen LogP contribution in [0.3, 0.4) is 0 Å². The number of ether oxygens (including phenoxy) is 2. The van der Waals surface area contributed by atoms with Crippen LogP contribution in [-0.2, 0) is 16.0 Å². The fourth-order valence-corrected chi connectivity index (χ4v) is 1.12. The van der Waals surface area contributed by atoms with E-state index in [4.69, 9.17) is 4.74 Å². The molecule has 0 saturated carbocycles. The normalized spacial score (nSPS) is 11.1. The molecule has 0 aromatic heterocycles. The van der Waals surface area contributed by atoms with Crippen LogP contribution in [0.5, 0.6) is 5.75 Å². The van der Waals surface area contributed by atoms with Crippen molar-refractivity contribution in [1.29, 1.82) is 0 Å². The fraction of sp³-hybridized carbons (Fsp3) is 0.364. The number of carbonyl (C=O) groups is 1. The standard InChI is InChI=1S/C11H11F3O3/c1-16-9-4-2-8(3-5-9)6-10(15)17-7-11(12,13)14/h2-5H,6-7H2,1H3. The van der Waals surface area contributed by atoms with Crippen LogP contribution in [0.2, 0.25) is 0 Å². The van der Waals surface area contributed by atoms with Crippen LogP contribution >= 0.6 is 0 Å². The molecule has 94 valence electrons. The number of benzene rings is 1. The Bertz CT molecular complexity index is 371. The van der Waals surface area contributed by atoms with Crippen molar-refractivity contribution < 1.29 is 27.4 Å². The number of rotatable bonds is 4. The van der Waals surface area contributed by atoms with Gasteiger partial charge in [-0.1, -0.05) is 12.1 Å². The van der Waals surface area contributed by atoms with Crippen molar-refractivity contribution in [1.82, 2.24) is 0 Å². The number of esters is 1. The van der Waals surface area contributed by atoms with Crippen LogP contribution in [0.25, 0.3) is 0 Å². The number of hydrogen-bond acceptors (Lipinski definition) is 3. The summed E-state index contributed by atoms with van der Waals surface area (Å²) in [5.74, 6) is -0.301. The summed E-state index contributed by atoms with van der Waals surface area (Å²) in [6.07, 6.45) is -4.68. The molecule has 0 unspecified atom stereocenters. The average molecular weight is 248 g/mol. The maximum Gasteiger partial charge on any atom is 0.422 e. The number of halogens is 3. The van der Waals surface area contributed by atoms with Crippen molar-refractivity contribution in [3.05, 3.63) is 29.8 Å². The number of hydrogen-bond donors (Lipinski definition) is 0. The molecule has 0 N–H and O–H groups in total. The third kappa shape index (κ3) is 5.24. The molecule has 0 bridgehead atoms. The summed E-state index contributed by atoms with van der Waals surface area (Å²) in [6.45, 7) is -1.55. The largest absolute Gasteiger partial charge is 0.497 e. The minimum Gasteiger partial charge on any atom is -0.497 e. The Balaban J connectivity index is 2.45. The van der Waals surface area contributed by atoms with Crippen LogP contribution in [-0.4, -0.2) is 25.9 Å². The number of methoxy groups -OCH3 is 1. The predicted molar refractivity (Wildman–Crippen MR) is 53.7 cm³/mol. The van der Waals surface area contributed by atoms with Gasteiger partial charge in [-0.15, -0.1) is 0 Å². The lowest BCUT2D eigenvalue weighted by atomic mass is 10.1. The molecular weight excluding hydrogens is 237 g/mol. The summed E-state index contributed by atoms with van der Waals surface area (Å²) in [5, 5.41) is 0. The van der Waals surface area contributed by atoms with Crippen molar-refractivity contribution in [2.75, 3.05) is 13.7 Å². The summed E-state index contributed by atoms with van der Waals surface area (Å²) in [4.78, 5) is 11.1. The molecule has 0 saturated heterocycles. The maximum absolute atomic E-state index is 11.8. The van der Waals surface area contributed by atoms with Crippen molar-refractivity contribution in [2.24, 2.45) is 0 Å². The topological polar surface area (TPSA) is 35.5 Å². The Labute approximate surface area is 96.1 Å². The van der Waals surface area contributed by atoms with E-state index >= 15 is 0 Å². The van der Waals surface area contributed by atoms with Crippen molar-refractivity contribution >= 4 is 5.97 Å². The molecule has 17 heavy (non-hydrogen) atoms. The minimum absolute atomic E-state index is 0.194. The zero-order chi connectivity index (χ0) is 12.9. The first-order valence-electron chi connectivity index (χ1n) is 4.76. The lowest BCUT2D eigenvalue weighted by Crippen LogP contribution is -2.21. The van der Waals surface area contributed by atoms with Gasteiger partial charge in [0.05, 0.1) is 13.5 Å². The molecule has 3 nitrogen and oxygen atoms in total. The van der Waals surface area contributed by atoms with E-state index in [0.29, 0.717) is 11.3 Å². The molecule has 0 spiro atoms. The molecule has 0 heterocycles. The second-order valence-electron chi connectivity index (χ2n) is 3.30. The second kappa shape index (κ2) is 5.56. The Morgan fingerprint density at radius 2 is 1.82 bits per heavy atom. The van der Waals surface area contributed by atoms with Crippen LogP contribution < -0.4 is 4.74 Å².